The van der Waals surface area contributed by atoms with Gasteiger partial charge in [0, 0.05) is 28.4 Å². The van der Waals surface area contributed by atoms with E-state index >= 15 is 0 Å². The molecule has 4 nitrogen and oxygen atoms in total. The lowest BCUT2D eigenvalue weighted by atomic mass is 10.1. The minimum Gasteiger partial charge on any atom is -0.494 e. The van der Waals surface area contributed by atoms with E-state index in [9.17, 15) is 4.79 Å². The quantitative estimate of drug-likeness (QED) is 0.559. The molecule has 1 N–H and O–H groups in total. The molecule has 2 aromatic carbocycles. The molecule has 6 heteroatoms. The summed E-state index contributed by atoms with van der Waals surface area (Å²) in [6.45, 7) is 5.19. The average Bonchev–Trinajstić information content (AvgIpc) is 3.05. The SMILES string of the molecule is CCOc1ccc(CC(=O)NCCc2sc(-c3ccc(Cl)cc3)nc2C)cc1. The van der Waals surface area contributed by atoms with Crippen LogP contribution < -0.4 is 10.1 Å². The number of aromatic nitrogens is 1. The van der Waals surface area contributed by atoms with Gasteiger partial charge in [-0.2, -0.15) is 0 Å². The van der Waals surface area contributed by atoms with E-state index in [4.69, 9.17) is 16.3 Å². The predicted molar refractivity (Wildman–Crippen MR) is 115 cm³/mol. The Bertz CT molecular complexity index is 921. The maximum absolute atomic E-state index is 12.2. The molecule has 3 rings (SSSR count). The van der Waals surface area contributed by atoms with Gasteiger partial charge in [-0.15, -0.1) is 11.3 Å². The number of halogens is 1. The Morgan fingerprint density at radius 2 is 1.86 bits per heavy atom. The fourth-order valence-electron chi connectivity index (χ4n) is 2.81. The summed E-state index contributed by atoms with van der Waals surface area (Å²) in [5, 5.41) is 4.69. The maximum atomic E-state index is 12.2. The van der Waals surface area contributed by atoms with Gasteiger partial charge < -0.3 is 10.1 Å². The Morgan fingerprint density at radius 3 is 2.54 bits per heavy atom. The van der Waals surface area contributed by atoms with Gasteiger partial charge in [-0.3, -0.25) is 4.79 Å². The number of thiazole rings is 1. The van der Waals surface area contributed by atoms with Crippen LogP contribution in [-0.4, -0.2) is 24.0 Å². The van der Waals surface area contributed by atoms with Gasteiger partial charge in [0.15, 0.2) is 0 Å². The van der Waals surface area contributed by atoms with Crippen molar-refractivity contribution in [3.63, 3.8) is 0 Å². The van der Waals surface area contributed by atoms with Crippen molar-refractivity contribution >= 4 is 28.8 Å². The number of rotatable bonds is 8. The summed E-state index contributed by atoms with van der Waals surface area (Å²) in [7, 11) is 0. The molecule has 0 aliphatic heterocycles. The van der Waals surface area contributed by atoms with E-state index in [1.54, 1.807) is 11.3 Å². The smallest absolute Gasteiger partial charge is 0.224 e. The molecule has 146 valence electrons. The van der Waals surface area contributed by atoms with E-state index in [-0.39, 0.29) is 5.91 Å². The van der Waals surface area contributed by atoms with Gasteiger partial charge in [0.1, 0.15) is 10.8 Å². The second-order valence-electron chi connectivity index (χ2n) is 6.39. The molecule has 28 heavy (non-hydrogen) atoms. The number of hydrogen-bond donors (Lipinski definition) is 1. The number of carbonyl (C=O) groups is 1. The second kappa shape index (κ2) is 9.71. The molecule has 0 saturated heterocycles. The molecular weight excluding hydrogens is 392 g/mol. The number of ether oxygens (including phenoxy) is 1. The van der Waals surface area contributed by atoms with Crippen LogP contribution in [0.4, 0.5) is 0 Å². The summed E-state index contributed by atoms with van der Waals surface area (Å²) in [4.78, 5) is 18.0. The van der Waals surface area contributed by atoms with Crippen molar-refractivity contribution in [2.45, 2.75) is 26.7 Å². The number of benzene rings is 2. The van der Waals surface area contributed by atoms with Crippen LogP contribution in [0.3, 0.4) is 0 Å². The summed E-state index contributed by atoms with van der Waals surface area (Å²) in [6.07, 6.45) is 1.14. The van der Waals surface area contributed by atoms with Crippen LogP contribution in [0.25, 0.3) is 10.6 Å². The second-order valence-corrected chi connectivity index (χ2v) is 7.91. The van der Waals surface area contributed by atoms with Crippen LogP contribution in [0.2, 0.25) is 5.02 Å². The average molecular weight is 415 g/mol. The molecule has 3 aromatic rings. The maximum Gasteiger partial charge on any atom is 0.224 e. The summed E-state index contributed by atoms with van der Waals surface area (Å²) >= 11 is 7.61. The number of amides is 1. The number of nitrogens with one attached hydrogen (secondary N) is 1. The van der Waals surface area contributed by atoms with Crippen LogP contribution in [0.15, 0.2) is 48.5 Å². The van der Waals surface area contributed by atoms with Gasteiger partial charge >= 0.3 is 0 Å². The molecule has 0 saturated carbocycles. The zero-order valence-corrected chi connectivity index (χ0v) is 17.6. The molecule has 0 fully saturated rings. The first-order valence-electron chi connectivity index (χ1n) is 9.26. The molecule has 0 spiro atoms. The Kier molecular flexibility index (Phi) is 7.06. The molecule has 0 atom stereocenters. The zero-order valence-electron chi connectivity index (χ0n) is 16.0. The minimum atomic E-state index is 0.0178. The third-order valence-corrected chi connectivity index (χ3v) is 5.78. The van der Waals surface area contributed by atoms with E-state index in [0.29, 0.717) is 24.6 Å². The van der Waals surface area contributed by atoms with Crippen LogP contribution in [0.5, 0.6) is 5.75 Å². The number of hydrogen-bond acceptors (Lipinski definition) is 4. The van der Waals surface area contributed by atoms with Crippen molar-refractivity contribution in [1.82, 2.24) is 10.3 Å². The lowest BCUT2D eigenvalue weighted by Gasteiger charge is -2.06. The van der Waals surface area contributed by atoms with E-state index < -0.39 is 0 Å². The summed E-state index contributed by atoms with van der Waals surface area (Å²) in [5.74, 6) is 0.841. The van der Waals surface area contributed by atoms with Crippen molar-refractivity contribution in [3.05, 3.63) is 69.7 Å². The predicted octanol–water partition coefficient (Wildman–Crippen LogP) is 5.07. The molecule has 1 heterocycles. The van der Waals surface area contributed by atoms with Gasteiger partial charge in [-0.25, -0.2) is 4.98 Å². The van der Waals surface area contributed by atoms with Crippen molar-refractivity contribution in [2.24, 2.45) is 0 Å². The normalized spacial score (nSPS) is 10.7. The molecule has 1 aromatic heterocycles. The van der Waals surface area contributed by atoms with Gasteiger partial charge in [-0.05, 0) is 43.7 Å². The summed E-state index contributed by atoms with van der Waals surface area (Å²) in [5.41, 5.74) is 3.04. The van der Waals surface area contributed by atoms with Crippen molar-refractivity contribution < 1.29 is 9.53 Å². The lowest BCUT2D eigenvalue weighted by Crippen LogP contribution is -2.27. The van der Waals surface area contributed by atoms with Crippen molar-refractivity contribution in [1.29, 1.82) is 0 Å². The Morgan fingerprint density at radius 1 is 1.14 bits per heavy atom. The Hall–Kier alpha value is -2.37. The van der Waals surface area contributed by atoms with E-state index in [0.717, 1.165) is 34.0 Å². The summed E-state index contributed by atoms with van der Waals surface area (Å²) in [6, 6.07) is 15.3. The highest BCUT2D eigenvalue weighted by atomic mass is 35.5. The third kappa shape index (κ3) is 5.57. The minimum absolute atomic E-state index is 0.0178. The van der Waals surface area contributed by atoms with Gasteiger partial charge in [0.25, 0.3) is 0 Å². The zero-order chi connectivity index (χ0) is 19.9. The van der Waals surface area contributed by atoms with Crippen LogP contribution in [-0.2, 0) is 17.6 Å². The standard InChI is InChI=1S/C22H23ClN2O2S/c1-3-27-19-10-4-16(5-11-19)14-21(26)24-13-12-20-15(2)25-22(28-20)17-6-8-18(23)9-7-17/h4-11H,3,12-14H2,1-2H3,(H,24,26). The molecule has 0 radical (unpaired) electrons. The number of aryl methyl sites for hydroxylation is 1. The molecule has 0 aliphatic carbocycles. The van der Waals surface area contributed by atoms with E-state index in [2.05, 4.69) is 10.3 Å². The lowest BCUT2D eigenvalue weighted by molar-refractivity contribution is -0.120. The van der Waals surface area contributed by atoms with Crippen LogP contribution in [0, 0.1) is 6.92 Å². The highest BCUT2D eigenvalue weighted by Crippen LogP contribution is 2.29. The molecule has 0 unspecified atom stereocenters. The first-order chi connectivity index (χ1) is 13.5. The summed E-state index contributed by atoms with van der Waals surface area (Å²) < 4.78 is 5.42. The number of nitrogens with zero attached hydrogens (tertiary/aromatic N) is 1. The molecule has 0 bridgehead atoms. The fraction of sp³-hybridized carbons (Fsp3) is 0.273. The van der Waals surface area contributed by atoms with Crippen molar-refractivity contribution in [3.8, 4) is 16.3 Å². The molecule has 0 aliphatic rings. The van der Waals surface area contributed by atoms with Gasteiger partial charge in [0.05, 0.1) is 18.7 Å². The highest BCUT2D eigenvalue weighted by molar-refractivity contribution is 7.15. The topological polar surface area (TPSA) is 51.2 Å². The highest BCUT2D eigenvalue weighted by Gasteiger charge is 2.10. The van der Waals surface area contributed by atoms with Crippen LogP contribution in [0.1, 0.15) is 23.1 Å². The molecule has 1 amide bonds. The Labute approximate surface area is 174 Å². The monoisotopic (exact) mass is 414 g/mol. The first-order valence-corrected chi connectivity index (χ1v) is 10.4. The fourth-order valence-corrected chi connectivity index (χ4v) is 4.00. The Balaban J connectivity index is 1.50. The van der Waals surface area contributed by atoms with Crippen molar-refractivity contribution in [2.75, 3.05) is 13.2 Å². The van der Waals surface area contributed by atoms with Gasteiger partial charge in [-0.1, -0.05) is 35.9 Å². The van der Waals surface area contributed by atoms with Crippen LogP contribution >= 0.6 is 22.9 Å². The first kappa shape index (κ1) is 20.4. The number of carbonyl (C=O) groups excluding carboxylic acids is 1. The largest absolute Gasteiger partial charge is 0.494 e. The van der Waals surface area contributed by atoms with Gasteiger partial charge in [0.2, 0.25) is 5.91 Å². The van der Waals surface area contributed by atoms with E-state index in [1.165, 1.54) is 4.88 Å². The third-order valence-electron chi connectivity index (χ3n) is 4.26. The van der Waals surface area contributed by atoms with E-state index in [1.807, 2.05) is 62.4 Å². The molecular formula is C22H23ClN2O2S.